The smallest absolute Gasteiger partial charge is 0.234 e. The van der Waals surface area contributed by atoms with E-state index in [2.05, 4.69) is 31.6 Å². The molecule has 2 fully saturated rings. The van der Waals surface area contributed by atoms with Gasteiger partial charge < -0.3 is 10.6 Å². The van der Waals surface area contributed by atoms with E-state index in [-0.39, 0.29) is 11.9 Å². The van der Waals surface area contributed by atoms with Crippen LogP contribution in [0.5, 0.6) is 0 Å². The summed E-state index contributed by atoms with van der Waals surface area (Å²) in [5.41, 5.74) is 4.77. The molecule has 0 aromatic carbocycles. The van der Waals surface area contributed by atoms with Crippen molar-refractivity contribution in [1.29, 1.82) is 0 Å². The Morgan fingerprint density at radius 3 is 2.39 bits per heavy atom. The number of nitrogens with one attached hydrogen (secondary N) is 2. The number of pyridine rings is 1. The van der Waals surface area contributed by atoms with Crippen LogP contribution in [0.15, 0.2) is 18.2 Å². The average molecular weight is 423 g/mol. The van der Waals surface area contributed by atoms with Gasteiger partial charge in [-0.05, 0) is 71.2 Å². The second-order valence-electron chi connectivity index (χ2n) is 9.05. The van der Waals surface area contributed by atoms with E-state index < -0.39 is 0 Å². The van der Waals surface area contributed by atoms with Crippen molar-refractivity contribution in [1.82, 2.24) is 25.2 Å². The highest BCUT2D eigenvalue weighted by Crippen LogP contribution is 2.32. The van der Waals surface area contributed by atoms with E-state index >= 15 is 0 Å². The zero-order valence-corrected chi connectivity index (χ0v) is 18.9. The van der Waals surface area contributed by atoms with Gasteiger partial charge in [0.1, 0.15) is 0 Å². The molecule has 1 atom stereocenters. The van der Waals surface area contributed by atoms with Gasteiger partial charge in [-0.2, -0.15) is 0 Å². The van der Waals surface area contributed by atoms with E-state index in [0.29, 0.717) is 18.5 Å². The zero-order valence-electron chi connectivity index (χ0n) is 18.9. The molecule has 7 nitrogen and oxygen atoms in total. The number of rotatable bonds is 6. The van der Waals surface area contributed by atoms with Gasteiger partial charge in [0.2, 0.25) is 11.9 Å². The molecule has 0 bridgehead atoms. The minimum atomic E-state index is 0.147. The normalized spacial score (nSPS) is 20.0. The zero-order chi connectivity index (χ0) is 21.8. The quantitative estimate of drug-likeness (QED) is 0.728. The SMILES string of the molecule is Cc1cc(Nc2nc(C)cc(C)n2)cc(C2CCCN2CC(=O)NC2CCCCC2)n1. The van der Waals surface area contributed by atoms with Gasteiger partial charge in [0.05, 0.1) is 18.3 Å². The number of aromatic nitrogens is 3. The summed E-state index contributed by atoms with van der Waals surface area (Å²) in [4.78, 5) is 28.7. The van der Waals surface area contributed by atoms with Crippen LogP contribution in [0.4, 0.5) is 11.6 Å². The minimum Gasteiger partial charge on any atom is -0.352 e. The number of hydrogen-bond acceptors (Lipinski definition) is 6. The molecule has 31 heavy (non-hydrogen) atoms. The lowest BCUT2D eigenvalue weighted by Crippen LogP contribution is -2.42. The molecule has 1 aliphatic carbocycles. The summed E-state index contributed by atoms with van der Waals surface area (Å²) in [6.45, 7) is 7.32. The first-order valence-electron chi connectivity index (χ1n) is 11.6. The molecule has 2 aromatic rings. The van der Waals surface area contributed by atoms with Crippen LogP contribution in [0.25, 0.3) is 0 Å². The van der Waals surface area contributed by atoms with Crippen molar-refractivity contribution in [3.05, 3.63) is 41.0 Å². The Kier molecular flexibility index (Phi) is 6.80. The molecule has 1 amide bonds. The minimum absolute atomic E-state index is 0.147. The molecule has 1 aliphatic heterocycles. The lowest BCUT2D eigenvalue weighted by atomic mass is 9.95. The number of carbonyl (C=O) groups is 1. The first kappa shape index (κ1) is 21.7. The lowest BCUT2D eigenvalue weighted by molar-refractivity contribution is -0.123. The Hall–Kier alpha value is -2.54. The van der Waals surface area contributed by atoms with Crippen molar-refractivity contribution >= 4 is 17.5 Å². The molecule has 1 saturated carbocycles. The van der Waals surface area contributed by atoms with Crippen LogP contribution < -0.4 is 10.6 Å². The first-order valence-corrected chi connectivity index (χ1v) is 11.6. The van der Waals surface area contributed by atoms with Crippen molar-refractivity contribution < 1.29 is 4.79 Å². The predicted octanol–water partition coefficient (Wildman–Crippen LogP) is 4.13. The fourth-order valence-corrected chi connectivity index (χ4v) is 4.90. The van der Waals surface area contributed by atoms with Crippen LogP contribution in [0.2, 0.25) is 0 Å². The predicted molar refractivity (Wildman–Crippen MR) is 122 cm³/mol. The van der Waals surface area contributed by atoms with Crippen LogP contribution >= 0.6 is 0 Å². The summed E-state index contributed by atoms with van der Waals surface area (Å²) in [5, 5.41) is 6.59. The number of nitrogens with zero attached hydrogens (tertiary/aromatic N) is 4. The van der Waals surface area contributed by atoms with Crippen LogP contribution in [0, 0.1) is 20.8 Å². The van der Waals surface area contributed by atoms with Crippen LogP contribution in [-0.4, -0.2) is 44.9 Å². The van der Waals surface area contributed by atoms with Gasteiger partial charge in [0.15, 0.2) is 0 Å². The molecule has 166 valence electrons. The first-order chi connectivity index (χ1) is 15.0. The van der Waals surface area contributed by atoms with Gasteiger partial charge >= 0.3 is 0 Å². The van der Waals surface area contributed by atoms with Gasteiger partial charge in [0.25, 0.3) is 0 Å². The Morgan fingerprint density at radius 2 is 1.65 bits per heavy atom. The topological polar surface area (TPSA) is 83.0 Å². The Morgan fingerprint density at radius 1 is 0.935 bits per heavy atom. The van der Waals surface area contributed by atoms with Gasteiger partial charge in [-0.25, -0.2) is 9.97 Å². The monoisotopic (exact) mass is 422 g/mol. The fourth-order valence-electron chi connectivity index (χ4n) is 4.90. The summed E-state index contributed by atoms with van der Waals surface area (Å²) < 4.78 is 0. The molecule has 2 aliphatic rings. The molecular weight excluding hydrogens is 388 g/mol. The van der Waals surface area contributed by atoms with E-state index in [0.717, 1.165) is 60.7 Å². The van der Waals surface area contributed by atoms with Crippen molar-refractivity contribution in [2.24, 2.45) is 0 Å². The van der Waals surface area contributed by atoms with Crippen molar-refractivity contribution in [2.45, 2.75) is 77.8 Å². The molecule has 1 unspecified atom stereocenters. The van der Waals surface area contributed by atoms with Crippen LogP contribution in [0.1, 0.15) is 73.8 Å². The maximum absolute atomic E-state index is 12.7. The number of hydrogen-bond donors (Lipinski definition) is 2. The number of likely N-dealkylation sites (tertiary alicyclic amines) is 1. The number of anilines is 2. The molecule has 3 heterocycles. The third-order valence-electron chi connectivity index (χ3n) is 6.23. The van der Waals surface area contributed by atoms with E-state index in [4.69, 9.17) is 4.98 Å². The van der Waals surface area contributed by atoms with Crippen molar-refractivity contribution in [3.63, 3.8) is 0 Å². The summed E-state index contributed by atoms with van der Waals surface area (Å²) in [6, 6.07) is 6.57. The second-order valence-corrected chi connectivity index (χ2v) is 9.05. The summed E-state index contributed by atoms with van der Waals surface area (Å²) >= 11 is 0. The fraction of sp³-hybridized carbons (Fsp3) is 0.583. The van der Waals surface area contributed by atoms with Gasteiger partial charge in [-0.15, -0.1) is 0 Å². The van der Waals surface area contributed by atoms with E-state index in [1.807, 2.05) is 32.9 Å². The van der Waals surface area contributed by atoms with Crippen LogP contribution in [0.3, 0.4) is 0 Å². The summed E-state index contributed by atoms with van der Waals surface area (Å²) in [7, 11) is 0. The Bertz CT molecular complexity index is 904. The van der Waals surface area contributed by atoms with Gasteiger partial charge in [-0.1, -0.05) is 19.3 Å². The molecule has 2 aromatic heterocycles. The van der Waals surface area contributed by atoms with Gasteiger partial charge in [0, 0.05) is 28.8 Å². The molecular formula is C24H34N6O. The number of carbonyl (C=O) groups excluding carboxylic acids is 1. The molecule has 0 radical (unpaired) electrons. The number of aryl methyl sites for hydroxylation is 3. The average Bonchev–Trinajstić information content (AvgIpc) is 3.15. The highest BCUT2D eigenvalue weighted by molar-refractivity contribution is 5.78. The Balaban J connectivity index is 1.45. The second kappa shape index (κ2) is 9.73. The third kappa shape index (κ3) is 5.79. The Labute approximate surface area is 185 Å². The van der Waals surface area contributed by atoms with Gasteiger partial charge in [-0.3, -0.25) is 14.7 Å². The molecule has 1 saturated heterocycles. The third-order valence-corrected chi connectivity index (χ3v) is 6.23. The maximum atomic E-state index is 12.7. The van der Waals surface area contributed by atoms with Crippen LogP contribution in [-0.2, 0) is 4.79 Å². The van der Waals surface area contributed by atoms with Crippen molar-refractivity contribution in [2.75, 3.05) is 18.4 Å². The maximum Gasteiger partial charge on any atom is 0.234 e. The largest absolute Gasteiger partial charge is 0.352 e. The van der Waals surface area contributed by atoms with Crippen molar-refractivity contribution in [3.8, 4) is 0 Å². The lowest BCUT2D eigenvalue weighted by Gasteiger charge is -2.27. The van der Waals surface area contributed by atoms with E-state index in [9.17, 15) is 4.79 Å². The highest BCUT2D eigenvalue weighted by Gasteiger charge is 2.29. The molecule has 4 rings (SSSR count). The highest BCUT2D eigenvalue weighted by atomic mass is 16.2. The summed E-state index contributed by atoms with van der Waals surface area (Å²) in [5.74, 6) is 0.748. The molecule has 0 spiro atoms. The van der Waals surface area contributed by atoms with E-state index in [1.165, 1.54) is 19.3 Å². The standard InChI is InChI=1S/C24H34N6O/c1-16-12-17(2)27-24(26-16)29-20-13-18(3)25-21(14-20)22-10-7-11-30(22)15-23(31)28-19-8-5-4-6-9-19/h12-14,19,22H,4-11,15H2,1-3H3,(H,28,31)(H,25,26,27,29). The number of amides is 1. The van der Waals surface area contributed by atoms with E-state index in [1.54, 1.807) is 0 Å². The molecule has 2 N–H and O–H groups in total. The summed E-state index contributed by atoms with van der Waals surface area (Å²) in [6.07, 6.45) is 8.08. The molecule has 7 heteroatoms.